The average molecular weight is 376 g/mol. The number of hydrogen-bond acceptors (Lipinski definition) is 5. The lowest BCUT2D eigenvalue weighted by molar-refractivity contribution is 0.0602. The summed E-state index contributed by atoms with van der Waals surface area (Å²) in [6.45, 7) is 1.70. The van der Waals surface area contributed by atoms with Crippen molar-refractivity contribution in [3.8, 4) is 0 Å². The van der Waals surface area contributed by atoms with E-state index < -0.39 is 21.9 Å². The van der Waals surface area contributed by atoms with E-state index in [4.69, 9.17) is 4.74 Å². The highest BCUT2D eigenvalue weighted by Gasteiger charge is 2.21. The molecule has 1 amide bonds. The second kappa shape index (κ2) is 7.67. The number of para-hydroxylation sites is 1. The Labute approximate surface area is 152 Å². The number of anilines is 1. The third-order valence-corrected chi connectivity index (χ3v) is 5.62. The van der Waals surface area contributed by atoms with Crippen molar-refractivity contribution >= 4 is 27.6 Å². The van der Waals surface area contributed by atoms with Crippen LogP contribution in [0.15, 0.2) is 47.4 Å². The summed E-state index contributed by atoms with van der Waals surface area (Å²) >= 11 is 0. The number of sulfonamides is 1. The fourth-order valence-electron chi connectivity index (χ4n) is 2.29. The first kappa shape index (κ1) is 19.6. The van der Waals surface area contributed by atoms with E-state index in [9.17, 15) is 18.0 Å². The first-order valence-electron chi connectivity index (χ1n) is 7.70. The minimum Gasteiger partial charge on any atom is -0.465 e. The monoisotopic (exact) mass is 376 g/mol. The number of nitrogens with zero attached hydrogens (tertiary/aromatic N) is 1. The van der Waals surface area contributed by atoms with Gasteiger partial charge in [0.2, 0.25) is 10.0 Å². The van der Waals surface area contributed by atoms with Gasteiger partial charge in [-0.3, -0.25) is 4.79 Å². The van der Waals surface area contributed by atoms with E-state index in [0.29, 0.717) is 5.56 Å². The molecule has 0 saturated heterocycles. The number of carbonyl (C=O) groups is 2. The number of nitrogens with one attached hydrogen (secondary N) is 1. The summed E-state index contributed by atoms with van der Waals surface area (Å²) in [6.07, 6.45) is 0. The zero-order valence-corrected chi connectivity index (χ0v) is 15.8. The molecule has 0 fully saturated rings. The number of esters is 1. The molecule has 1 N–H and O–H groups in total. The molecule has 2 aromatic carbocycles. The molecular weight excluding hydrogens is 356 g/mol. The maximum Gasteiger partial charge on any atom is 0.339 e. The van der Waals surface area contributed by atoms with E-state index in [1.54, 1.807) is 31.2 Å². The topological polar surface area (TPSA) is 92.8 Å². The number of benzene rings is 2. The van der Waals surface area contributed by atoms with Crippen LogP contribution in [0.4, 0.5) is 5.69 Å². The predicted octanol–water partition coefficient (Wildman–Crippen LogP) is 2.28. The first-order chi connectivity index (χ1) is 12.2. The maximum absolute atomic E-state index is 12.7. The second-order valence-electron chi connectivity index (χ2n) is 5.76. The van der Waals surface area contributed by atoms with Gasteiger partial charge in [-0.25, -0.2) is 17.5 Å². The largest absolute Gasteiger partial charge is 0.465 e. The average Bonchev–Trinajstić information content (AvgIpc) is 2.61. The van der Waals surface area contributed by atoms with Gasteiger partial charge < -0.3 is 10.1 Å². The van der Waals surface area contributed by atoms with Crippen LogP contribution in [0.5, 0.6) is 0 Å². The maximum atomic E-state index is 12.7. The van der Waals surface area contributed by atoms with Crippen molar-refractivity contribution in [1.82, 2.24) is 4.31 Å². The Balaban J connectivity index is 2.42. The molecule has 0 aliphatic carbocycles. The zero-order chi connectivity index (χ0) is 19.5. The molecule has 2 rings (SSSR count). The van der Waals surface area contributed by atoms with Crippen molar-refractivity contribution in [2.24, 2.45) is 0 Å². The summed E-state index contributed by atoms with van der Waals surface area (Å²) in [4.78, 5) is 24.5. The van der Waals surface area contributed by atoms with Gasteiger partial charge >= 0.3 is 5.97 Å². The summed E-state index contributed by atoms with van der Waals surface area (Å²) < 4.78 is 30.4. The van der Waals surface area contributed by atoms with Gasteiger partial charge in [-0.1, -0.05) is 18.2 Å². The van der Waals surface area contributed by atoms with E-state index in [0.717, 1.165) is 4.31 Å². The molecule has 0 bridgehead atoms. The summed E-state index contributed by atoms with van der Waals surface area (Å²) in [7, 11) is 0.418. The normalized spacial score (nSPS) is 11.3. The Morgan fingerprint density at radius 3 is 2.31 bits per heavy atom. The fourth-order valence-corrected chi connectivity index (χ4v) is 3.22. The number of aryl methyl sites for hydroxylation is 1. The minimum absolute atomic E-state index is 0.0134. The van der Waals surface area contributed by atoms with Gasteiger partial charge in [-0.15, -0.1) is 0 Å². The third-order valence-electron chi connectivity index (χ3n) is 3.81. The molecule has 138 valence electrons. The number of hydrogen-bond donors (Lipinski definition) is 1. The van der Waals surface area contributed by atoms with Crippen molar-refractivity contribution in [3.05, 3.63) is 59.2 Å². The van der Waals surface area contributed by atoms with Crippen molar-refractivity contribution in [3.63, 3.8) is 0 Å². The first-order valence-corrected chi connectivity index (χ1v) is 9.14. The molecule has 0 spiro atoms. The summed E-state index contributed by atoms with van der Waals surface area (Å²) in [5, 5.41) is 2.64. The van der Waals surface area contributed by atoms with Gasteiger partial charge in [0.25, 0.3) is 5.91 Å². The van der Waals surface area contributed by atoms with Crippen LogP contribution in [0.3, 0.4) is 0 Å². The number of amides is 1. The molecule has 0 atom stereocenters. The quantitative estimate of drug-likeness (QED) is 0.808. The highest BCUT2D eigenvalue weighted by atomic mass is 32.2. The molecule has 0 unspecified atom stereocenters. The second-order valence-corrected chi connectivity index (χ2v) is 7.91. The van der Waals surface area contributed by atoms with E-state index >= 15 is 0 Å². The van der Waals surface area contributed by atoms with Gasteiger partial charge in [0.1, 0.15) is 0 Å². The Bertz CT molecular complexity index is 952. The molecule has 8 heteroatoms. The van der Waals surface area contributed by atoms with Crippen LogP contribution in [0.2, 0.25) is 0 Å². The van der Waals surface area contributed by atoms with Crippen LogP contribution in [0.1, 0.15) is 26.3 Å². The Hall–Kier alpha value is -2.71. The summed E-state index contributed by atoms with van der Waals surface area (Å²) in [5.74, 6) is -1.10. The van der Waals surface area contributed by atoms with Crippen LogP contribution in [-0.4, -0.2) is 45.8 Å². The molecule has 0 radical (unpaired) electrons. The van der Waals surface area contributed by atoms with Crippen molar-refractivity contribution in [1.29, 1.82) is 0 Å². The van der Waals surface area contributed by atoms with Gasteiger partial charge in [-0.2, -0.15) is 0 Å². The Morgan fingerprint density at radius 1 is 1.04 bits per heavy atom. The van der Waals surface area contributed by atoms with E-state index in [-0.39, 0.29) is 21.7 Å². The fraction of sp³-hybridized carbons (Fsp3) is 0.222. The van der Waals surface area contributed by atoms with E-state index in [2.05, 4.69) is 5.32 Å². The van der Waals surface area contributed by atoms with Crippen LogP contribution in [0.25, 0.3) is 0 Å². The van der Waals surface area contributed by atoms with Crippen LogP contribution in [0, 0.1) is 6.92 Å². The van der Waals surface area contributed by atoms with E-state index in [1.807, 2.05) is 0 Å². The highest BCUT2D eigenvalue weighted by molar-refractivity contribution is 7.89. The van der Waals surface area contributed by atoms with Crippen molar-refractivity contribution < 1.29 is 22.7 Å². The minimum atomic E-state index is -3.67. The number of methoxy groups -OCH3 is 1. The summed E-state index contributed by atoms with van der Waals surface area (Å²) in [6, 6.07) is 10.8. The van der Waals surface area contributed by atoms with E-state index in [1.165, 1.54) is 39.4 Å². The van der Waals surface area contributed by atoms with Crippen LogP contribution in [-0.2, 0) is 14.8 Å². The smallest absolute Gasteiger partial charge is 0.339 e. The Morgan fingerprint density at radius 2 is 1.69 bits per heavy atom. The lowest BCUT2D eigenvalue weighted by atomic mass is 10.1. The van der Waals surface area contributed by atoms with Gasteiger partial charge in [-0.05, 0) is 36.8 Å². The standard InChI is InChI=1S/C18H20N2O5S/c1-12-9-10-13(26(23,24)20(2)3)11-15(12)17(21)19-16-8-6-5-7-14(16)18(22)25-4/h5-11H,1-4H3,(H,19,21). The summed E-state index contributed by atoms with van der Waals surface area (Å²) in [5.41, 5.74) is 1.30. The van der Waals surface area contributed by atoms with Gasteiger partial charge in [0, 0.05) is 19.7 Å². The highest BCUT2D eigenvalue weighted by Crippen LogP contribution is 2.21. The van der Waals surface area contributed by atoms with Crippen molar-refractivity contribution in [2.45, 2.75) is 11.8 Å². The van der Waals surface area contributed by atoms with Crippen molar-refractivity contribution in [2.75, 3.05) is 26.5 Å². The molecule has 0 aliphatic rings. The number of rotatable bonds is 5. The Kier molecular flexibility index (Phi) is 5.79. The molecule has 2 aromatic rings. The molecule has 0 heterocycles. The van der Waals surface area contributed by atoms with Crippen LogP contribution >= 0.6 is 0 Å². The number of ether oxygens (including phenoxy) is 1. The SMILES string of the molecule is COC(=O)c1ccccc1NC(=O)c1cc(S(=O)(=O)N(C)C)ccc1C. The van der Waals surface area contributed by atoms with Gasteiger partial charge in [0.15, 0.2) is 0 Å². The van der Waals surface area contributed by atoms with Gasteiger partial charge in [0.05, 0.1) is 23.3 Å². The molecule has 0 saturated carbocycles. The lowest BCUT2D eigenvalue weighted by Gasteiger charge is -2.14. The zero-order valence-electron chi connectivity index (χ0n) is 14.9. The molecule has 26 heavy (non-hydrogen) atoms. The van der Waals surface area contributed by atoms with Crippen LogP contribution < -0.4 is 5.32 Å². The third kappa shape index (κ3) is 3.92. The predicted molar refractivity (Wildman–Crippen MR) is 97.8 cm³/mol. The molecule has 0 aromatic heterocycles. The molecular formula is C18H20N2O5S. The molecule has 7 nitrogen and oxygen atoms in total. The molecule has 0 aliphatic heterocycles. The number of carbonyl (C=O) groups excluding carboxylic acids is 2. The lowest BCUT2D eigenvalue weighted by Crippen LogP contribution is -2.23.